The Hall–Kier alpha value is -2.17. The first-order chi connectivity index (χ1) is 10.6. The Morgan fingerprint density at radius 2 is 1.77 bits per heavy atom. The summed E-state index contributed by atoms with van der Waals surface area (Å²) in [5.41, 5.74) is 2.70. The molecule has 0 spiro atoms. The van der Waals surface area contributed by atoms with E-state index in [1.165, 1.54) is 12.5 Å². The Balaban J connectivity index is 1.69. The van der Waals surface area contributed by atoms with Crippen LogP contribution in [0.5, 0.6) is 0 Å². The van der Waals surface area contributed by atoms with Crippen LogP contribution in [0, 0.1) is 0 Å². The monoisotopic (exact) mass is 298 g/mol. The third-order valence-electron chi connectivity index (χ3n) is 3.39. The number of aliphatic hydroxyl groups excluding tert-OH is 1. The van der Waals surface area contributed by atoms with E-state index < -0.39 is 6.23 Å². The Labute approximate surface area is 131 Å². The third-order valence-corrected chi connectivity index (χ3v) is 3.39. The molecule has 4 nitrogen and oxygen atoms in total. The minimum atomic E-state index is -0.619. The van der Waals surface area contributed by atoms with Crippen molar-refractivity contribution in [2.24, 2.45) is 0 Å². The molecule has 0 fully saturated rings. The molecular formula is C18H22N2O2. The number of aliphatic hydroxyl groups is 1. The van der Waals surface area contributed by atoms with Crippen LogP contribution in [0.2, 0.25) is 0 Å². The highest BCUT2D eigenvalue weighted by molar-refractivity contribution is 5.94. The van der Waals surface area contributed by atoms with E-state index in [1.54, 1.807) is 24.3 Å². The summed E-state index contributed by atoms with van der Waals surface area (Å²) in [6.45, 7) is 3.05. The molecule has 0 aliphatic rings. The van der Waals surface area contributed by atoms with Crippen molar-refractivity contribution in [1.29, 1.82) is 0 Å². The lowest BCUT2D eigenvalue weighted by Crippen LogP contribution is -2.25. The molecule has 0 saturated heterocycles. The summed E-state index contributed by atoms with van der Waals surface area (Å²) >= 11 is 0. The molecule has 0 aliphatic carbocycles. The lowest BCUT2D eigenvalue weighted by atomic mass is 10.1. The van der Waals surface area contributed by atoms with E-state index in [-0.39, 0.29) is 5.78 Å². The Kier molecular flexibility index (Phi) is 6.13. The predicted octanol–water partition coefficient (Wildman–Crippen LogP) is 2.80. The second-order valence-corrected chi connectivity index (χ2v) is 5.24. The summed E-state index contributed by atoms with van der Waals surface area (Å²) in [7, 11) is 0. The van der Waals surface area contributed by atoms with Crippen LogP contribution in [0.1, 0.15) is 29.3 Å². The summed E-state index contributed by atoms with van der Waals surface area (Å²) in [5, 5.41) is 16.3. The van der Waals surface area contributed by atoms with Gasteiger partial charge in [0, 0.05) is 24.2 Å². The van der Waals surface area contributed by atoms with Gasteiger partial charge < -0.3 is 15.7 Å². The molecule has 0 amide bonds. The number of hydrogen-bond donors (Lipinski definition) is 3. The smallest absolute Gasteiger partial charge is 0.159 e. The molecule has 0 heterocycles. The number of anilines is 1. The van der Waals surface area contributed by atoms with Gasteiger partial charge in [-0.25, -0.2) is 0 Å². The summed E-state index contributed by atoms with van der Waals surface area (Å²) in [6, 6.07) is 17.3. The van der Waals surface area contributed by atoms with Gasteiger partial charge in [-0.3, -0.25) is 4.79 Å². The second kappa shape index (κ2) is 8.32. The molecule has 2 rings (SSSR count). The molecule has 22 heavy (non-hydrogen) atoms. The van der Waals surface area contributed by atoms with E-state index in [9.17, 15) is 9.90 Å². The fourth-order valence-electron chi connectivity index (χ4n) is 2.13. The molecule has 0 aliphatic heterocycles. The molecule has 4 heteroatoms. The van der Waals surface area contributed by atoms with E-state index in [0.717, 1.165) is 12.2 Å². The topological polar surface area (TPSA) is 61.4 Å². The van der Waals surface area contributed by atoms with Crippen molar-refractivity contribution < 1.29 is 9.90 Å². The number of Topliss-reactive ketones (excluding diaryl/α,β-unsaturated/α-hetero) is 1. The van der Waals surface area contributed by atoms with Gasteiger partial charge in [-0.15, -0.1) is 0 Å². The number of benzene rings is 2. The summed E-state index contributed by atoms with van der Waals surface area (Å²) in [6.07, 6.45) is -0.0205. The van der Waals surface area contributed by atoms with Gasteiger partial charge in [-0.05, 0) is 43.3 Å². The lowest BCUT2D eigenvalue weighted by molar-refractivity contribution is 0.101. The fourth-order valence-corrected chi connectivity index (χ4v) is 2.13. The van der Waals surface area contributed by atoms with Crippen LogP contribution < -0.4 is 10.6 Å². The zero-order valence-electron chi connectivity index (χ0n) is 12.8. The number of nitrogens with one attached hydrogen (secondary N) is 2. The molecule has 1 atom stereocenters. The molecule has 0 aromatic heterocycles. The average Bonchev–Trinajstić information content (AvgIpc) is 2.53. The maximum atomic E-state index is 11.2. The Morgan fingerprint density at radius 1 is 1.09 bits per heavy atom. The van der Waals surface area contributed by atoms with Crippen LogP contribution in [0.15, 0.2) is 54.6 Å². The molecule has 2 aromatic carbocycles. The van der Waals surface area contributed by atoms with Crippen molar-refractivity contribution in [2.45, 2.75) is 26.1 Å². The number of ketones is 1. The summed E-state index contributed by atoms with van der Waals surface area (Å²) < 4.78 is 0. The maximum Gasteiger partial charge on any atom is 0.159 e. The molecule has 1 unspecified atom stereocenters. The van der Waals surface area contributed by atoms with E-state index in [1.807, 2.05) is 18.2 Å². The fraction of sp³-hybridized carbons (Fsp3) is 0.278. The molecule has 0 radical (unpaired) electrons. The second-order valence-electron chi connectivity index (χ2n) is 5.24. The standard InChI is InChI=1S/C18H22N2O2/c1-14(21)16-7-9-17(10-8-16)20-18(22)11-12-19-13-15-5-3-2-4-6-15/h2-10,18-20,22H,11-13H2,1H3. The predicted molar refractivity (Wildman–Crippen MR) is 88.8 cm³/mol. The summed E-state index contributed by atoms with van der Waals surface area (Å²) in [5.74, 6) is 0.0391. The first kappa shape index (κ1) is 16.2. The molecule has 0 bridgehead atoms. The van der Waals surface area contributed by atoms with Crippen LogP contribution in [-0.2, 0) is 6.54 Å². The van der Waals surface area contributed by atoms with Crippen molar-refractivity contribution in [3.05, 3.63) is 65.7 Å². The SMILES string of the molecule is CC(=O)c1ccc(NC(O)CCNCc2ccccc2)cc1. The van der Waals surface area contributed by atoms with E-state index in [4.69, 9.17) is 0 Å². The number of carbonyl (C=O) groups is 1. The average molecular weight is 298 g/mol. The molecular weight excluding hydrogens is 276 g/mol. The van der Waals surface area contributed by atoms with Crippen LogP contribution in [0.25, 0.3) is 0 Å². The normalized spacial score (nSPS) is 11.9. The van der Waals surface area contributed by atoms with Crippen LogP contribution >= 0.6 is 0 Å². The number of carbonyl (C=O) groups excluding carboxylic acids is 1. The first-order valence-electron chi connectivity index (χ1n) is 7.45. The van der Waals surface area contributed by atoms with Crippen LogP contribution in [0.4, 0.5) is 5.69 Å². The Morgan fingerprint density at radius 3 is 2.41 bits per heavy atom. The quantitative estimate of drug-likeness (QED) is 0.398. The van der Waals surface area contributed by atoms with E-state index in [0.29, 0.717) is 18.5 Å². The van der Waals surface area contributed by atoms with Gasteiger partial charge in [0.25, 0.3) is 0 Å². The molecule has 0 saturated carbocycles. The van der Waals surface area contributed by atoms with Gasteiger partial charge in [0.15, 0.2) is 5.78 Å². The minimum absolute atomic E-state index is 0.0391. The number of hydrogen-bond acceptors (Lipinski definition) is 4. The lowest BCUT2D eigenvalue weighted by Gasteiger charge is -2.15. The van der Waals surface area contributed by atoms with E-state index in [2.05, 4.69) is 22.8 Å². The van der Waals surface area contributed by atoms with Gasteiger partial charge in [-0.2, -0.15) is 0 Å². The van der Waals surface area contributed by atoms with Crippen molar-refractivity contribution in [3.8, 4) is 0 Å². The highest BCUT2D eigenvalue weighted by atomic mass is 16.3. The number of rotatable bonds is 8. The van der Waals surface area contributed by atoms with Crippen LogP contribution in [-0.4, -0.2) is 23.7 Å². The maximum absolute atomic E-state index is 11.2. The van der Waals surface area contributed by atoms with Gasteiger partial charge in [0.05, 0.1) is 0 Å². The third kappa shape index (κ3) is 5.31. The highest BCUT2D eigenvalue weighted by Crippen LogP contribution is 2.11. The van der Waals surface area contributed by atoms with Crippen molar-refractivity contribution in [2.75, 3.05) is 11.9 Å². The largest absolute Gasteiger partial charge is 0.374 e. The van der Waals surface area contributed by atoms with Gasteiger partial charge >= 0.3 is 0 Å². The van der Waals surface area contributed by atoms with Gasteiger partial charge in [0.1, 0.15) is 6.23 Å². The van der Waals surface area contributed by atoms with E-state index >= 15 is 0 Å². The van der Waals surface area contributed by atoms with Crippen molar-refractivity contribution in [3.63, 3.8) is 0 Å². The minimum Gasteiger partial charge on any atom is -0.374 e. The zero-order valence-corrected chi connectivity index (χ0v) is 12.8. The molecule has 3 N–H and O–H groups in total. The van der Waals surface area contributed by atoms with Gasteiger partial charge in [-0.1, -0.05) is 30.3 Å². The first-order valence-corrected chi connectivity index (χ1v) is 7.45. The Bertz CT molecular complexity index is 582. The molecule has 116 valence electrons. The zero-order chi connectivity index (χ0) is 15.8. The molecule has 2 aromatic rings. The van der Waals surface area contributed by atoms with Crippen molar-refractivity contribution >= 4 is 11.5 Å². The van der Waals surface area contributed by atoms with Gasteiger partial charge in [0.2, 0.25) is 0 Å². The summed E-state index contributed by atoms with van der Waals surface area (Å²) in [4.78, 5) is 11.2. The highest BCUT2D eigenvalue weighted by Gasteiger charge is 2.04. The van der Waals surface area contributed by atoms with Crippen LogP contribution in [0.3, 0.4) is 0 Å². The van der Waals surface area contributed by atoms with Crippen molar-refractivity contribution in [1.82, 2.24) is 5.32 Å².